The first-order valence-electron chi connectivity index (χ1n) is 10.4. The van der Waals surface area contributed by atoms with Gasteiger partial charge in [-0.1, -0.05) is 50.3 Å². The molecule has 1 aromatic carbocycles. The molecule has 2 saturated carbocycles. The minimum absolute atomic E-state index is 0.125. The average molecular weight is 366 g/mol. The number of nitrogens with zero attached hydrogens (tertiary/aromatic N) is 1. The van der Waals surface area contributed by atoms with E-state index in [1.165, 1.54) is 43.2 Å². The van der Waals surface area contributed by atoms with Crippen LogP contribution in [0.1, 0.15) is 81.8 Å². The molecule has 4 rings (SSSR count). The summed E-state index contributed by atoms with van der Waals surface area (Å²) in [6.45, 7) is 4.87. The summed E-state index contributed by atoms with van der Waals surface area (Å²) in [7, 11) is 0. The second-order valence-corrected chi connectivity index (χ2v) is 10.8. The SMILES string of the molecule is C[C@H]1CC1(C)SC1CCC(c2ccc(C3C=CC(C#N)CC3)cc2)CC1. The van der Waals surface area contributed by atoms with Crippen LogP contribution in [-0.4, -0.2) is 10.00 Å². The van der Waals surface area contributed by atoms with E-state index in [-0.39, 0.29) is 5.92 Å². The largest absolute Gasteiger partial charge is 0.198 e. The molecule has 3 unspecified atom stereocenters. The van der Waals surface area contributed by atoms with E-state index in [0.717, 1.165) is 29.9 Å². The van der Waals surface area contributed by atoms with E-state index in [9.17, 15) is 0 Å². The summed E-state index contributed by atoms with van der Waals surface area (Å²) in [5.41, 5.74) is 2.96. The van der Waals surface area contributed by atoms with Crippen LogP contribution in [0.25, 0.3) is 0 Å². The molecule has 2 fully saturated rings. The van der Waals surface area contributed by atoms with Gasteiger partial charge in [-0.05, 0) is 67.9 Å². The van der Waals surface area contributed by atoms with E-state index in [0.29, 0.717) is 10.7 Å². The second-order valence-electron chi connectivity index (χ2n) is 8.98. The Kier molecular flexibility index (Phi) is 5.20. The van der Waals surface area contributed by atoms with Gasteiger partial charge >= 0.3 is 0 Å². The van der Waals surface area contributed by atoms with E-state index in [4.69, 9.17) is 5.26 Å². The van der Waals surface area contributed by atoms with Gasteiger partial charge in [-0.15, -0.1) is 0 Å². The maximum absolute atomic E-state index is 9.02. The van der Waals surface area contributed by atoms with Gasteiger partial charge in [0.25, 0.3) is 0 Å². The first-order valence-corrected chi connectivity index (χ1v) is 11.3. The lowest BCUT2D eigenvalue weighted by Crippen LogP contribution is -2.18. The highest BCUT2D eigenvalue weighted by Gasteiger charge is 2.48. The maximum Gasteiger partial charge on any atom is 0.0697 e. The van der Waals surface area contributed by atoms with Crippen molar-refractivity contribution >= 4 is 11.8 Å². The van der Waals surface area contributed by atoms with Crippen LogP contribution < -0.4 is 0 Å². The van der Waals surface area contributed by atoms with Gasteiger partial charge in [-0.25, -0.2) is 0 Å². The molecule has 4 atom stereocenters. The molecule has 3 aliphatic carbocycles. The number of nitriles is 1. The highest BCUT2D eigenvalue weighted by Crippen LogP contribution is 2.57. The minimum atomic E-state index is 0.125. The van der Waals surface area contributed by atoms with Crippen molar-refractivity contribution in [1.29, 1.82) is 5.26 Å². The Labute approximate surface area is 163 Å². The van der Waals surface area contributed by atoms with Crippen molar-refractivity contribution in [2.45, 2.75) is 80.6 Å². The molecule has 0 radical (unpaired) electrons. The Balaban J connectivity index is 1.31. The summed E-state index contributed by atoms with van der Waals surface area (Å²) in [6.07, 6.45) is 13.4. The summed E-state index contributed by atoms with van der Waals surface area (Å²) in [5, 5.41) is 9.91. The van der Waals surface area contributed by atoms with E-state index >= 15 is 0 Å². The molecule has 0 bridgehead atoms. The summed E-state index contributed by atoms with van der Waals surface area (Å²) < 4.78 is 0.594. The number of benzene rings is 1. The lowest BCUT2D eigenvalue weighted by atomic mass is 9.81. The quantitative estimate of drug-likeness (QED) is 0.547. The topological polar surface area (TPSA) is 23.8 Å². The first kappa shape index (κ1) is 18.2. The predicted molar refractivity (Wildman–Crippen MR) is 111 cm³/mol. The van der Waals surface area contributed by atoms with Gasteiger partial charge in [0.05, 0.1) is 12.0 Å². The third-order valence-electron chi connectivity index (χ3n) is 7.07. The molecule has 2 heteroatoms. The molecule has 0 N–H and O–H groups in total. The third kappa shape index (κ3) is 3.89. The average Bonchev–Trinajstić information content (AvgIpc) is 3.28. The fourth-order valence-corrected chi connectivity index (χ4v) is 6.68. The predicted octanol–water partition coefficient (Wildman–Crippen LogP) is 6.82. The van der Waals surface area contributed by atoms with Crippen molar-refractivity contribution in [3.8, 4) is 6.07 Å². The molecule has 0 aliphatic heterocycles. The highest BCUT2D eigenvalue weighted by molar-refractivity contribution is 8.01. The van der Waals surface area contributed by atoms with Crippen molar-refractivity contribution in [3.05, 3.63) is 47.5 Å². The van der Waals surface area contributed by atoms with Gasteiger partial charge in [0, 0.05) is 15.9 Å². The Morgan fingerprint density at radius 3 is 2.15 bits per heavy atom. The Hall–Kier alpha value is -1.20. The van der Waals surface area contributed by atoms with Crippen molar-refractivity contribution < 1.29 is 0 Å². The van der Waals surface area contributed by atoms with Crippen molar-refractivity contribution in [2.75, 3.05) is 0 Å². The van der Waals surface area contributed by atoms with Crippen molar-refractivity contribution in [1.82, 2.24) is 0 Å². The molecular formula is C24H31NS. The molecule has 0 spiro atoms. The summed E-state index contributed by atoms with van der Waals surface area (Å²) in [4.78, 5) is 0. The van der Waals surface area contributed by atoms with Crippen LogP contribution in [-0.2, 0) is 0 Å². The Bertz CT molecular complexity index is 692. The normalized spacial score (nSPS) is 39.3. The molecule has 0 amide bonds. The van der Waals surface area contributed by atoms with Gasteiger partial charge in [0.2, 0.25) is 0 Å². The molecular weight excluding hydrogens is 334 g/mol. The highest BCUT2D eigenvalue weighted by atomic mass is 32.2. The summed E-state index contributed by atoms with van der Waals surface area (Å²) >= 11 is 2.29. The molecule has 138 valence electrons. The molecule has 26 heavy (non-hydrogen) atoms. The number of hydrogen-bond acceptors (Lipinski definition) is 2. The number of rotatable bonds is 4. The number of hydrogen-bond donors (Lipinski definition) is 0. The van der Waals surface area contributed by atoms with Crippen LogP contribution in [0.15, 0.2) is 36.4 Å². The fourth-order valence-electron chi connectivity index (χ4n) is 4.83. The standard InChI is InChI=1S/C24H31NS/c1-17-15-24(17,2)26-23-13-11-22(12-14-23)21-9-7-20(8-10-21)19-5-3-18(16-25)4-6-19/h3,5,7-10,17-19,22-23H,4,6,11-15H2,1-2H3/t17-,18?,19?,22?,23?,24?/m0/s1. The van der Waals surface area contributed by atoms with Gasteiger partial charge in [-0.2, -0.15) is 17.0 Å². The van der Waals surface area contributed by atoms with E-state index < -0.39 is 0 Å². The zero-order chi connectivity index (χ0) is 18.1. The fraction of sp³-hybridized carbons (Fsp3) is 0.625. The lowest BCUT2D eigenvalue weighted by molar-refractivity contribution is 0.452. The van der Waals surface area contributed by atoms with Crippen LogP contribution in [0.2, 0.25) is 0 Å². The van der Waals surface area contributed by atoms with Crippen LogP contribution in [0.3, 0.4) is 0 Å². The smallest absolute Gasteiger partial charge is 0.0697 e. The zero-order valence-corrected chi connectivity index (χ0v) is 17.0. The van der Waals surface area contributed by atoms with Gasteiger partial charge < -0.3 is 0 Å². The molecule has 3 aliphatic rings. The maximum atomic E-state index is 9.02. The van der Waals surface area contributed by atoms with E-state index in [1.807, 2.05) is 0 Å². The Morgan fingerprint density at radius 2 is 1.62 bits per heavy atom. The molecule has 0 heterocycles. The van der Waals surface area contributed by atoms with Gasteiger partial charge in [-0.3, -0.25) is 0 Å². The monoisotopic (exact) mass is 365 g/mol. The summed E-state index contributed by atoms with van der Waals surface area (Å²) in [6, 6.07) is 11.8. The Morgan fingerprint density at radius 1 is 0.962 bits per heavy atom. The zero-order valence-electron chi connectivity index (χ0n) is 16.2. The molecule has 0 aromatic heterocycles. The third-order valence-corrected chi connectivity index (χ3v) is 8.98. The second kappa shape index (κ2) is 7.43. The minimum Gasteiger partial charge on any atom is -0.198 e. The first-order chi connectivity index (χ1) is 12.6. The van der Waals surface area contributed by atoms with Crippen molar-refractivity contribution in [3.63, 3.8) is 0 Å². The van der Waals surface area contributed by atoms with Crippen LogP contribution >= 0.6 is 11.8 Å². The van der Waals surface area contributed by atoms with Crippen LogP contribution in [0, 0.1) is 23.2 Å². The number of allylic oxidation sites excluding steroid dienone is 2. The number of thioether (sulfide) groups is 1. The van der Waals surface area contributed by atoms with Crippen molar-refractivity contribution in [2.24, 2.45) is 11.8 Å². The molecule has 1 aromatic rings. The van der Waals surface area contributed by atoms with Gasteiger partial charge in [0.15, 0.2) is 0 Å². The van der Waals surface area contributed by atoms with Gasteiger partial charge in [0.1, 0.15) is 0 Å². The van der Waals surface area contributed by atoms with Crippen LogP contribution in [0.4, 0.5) is 0 Å². The van der Waals surface area contributed by atoms with Crippen LogP contribution in [0.5, 0.6) is 0 Å². The molecule has 0 saturated heterocycles. The summed E-state index contributed by atoms with van der Waals surface area (Å²) in [5.74, 6) is 2.31. The molecule has 1 nitrogen and oxygen atoms in total. The lowest BCUT2D eigenvalue weighted by Gasteiger charge is -2.30. The van der Waals surface area contributed by atoms with E-state index in [1.54, 1.807) is 0 Å². The van der Waals surface area contributed by atoms with E-state index in [2.05, 4.69) is 68.1 Å².